The van der Waals surface area contributed by atoms with E-state index in [1.165, 1.54) is 23.2 Å². The van der Waals surface area contributed by atoms with Gasteiger partial charge in [-0.05, 0) is 18.9 Å². The summed E-state index contributed by atoms with van der Waals surface area (Å²) in [5.74, 6) is -0.00559. The smallest absolute Gasteiger partial charge is 0.271 e. The third-order valence-corrected chi connectivity index (χ3v) is 5.65. The number of hydrogen-bond donors (Lipinski definition) is 1. The largest absolute Gasteiger partial charge is 0.337 e. The molecule has 0 unspecified atom stereocenters. The highest BCUT2D eigenvalue weighted by Crippen LogP contribution is 2.31. The standard InChI is InChI=1S/C15H17N7O3S/c1-26(24,25)12-7-16-15-17-9-19-22(15)13(12)10-3-2-6-21(8-10)14(23)11-4-5-18-20-11/h4-5,7,9-10H,2-3,6,8H2,1H3,(H,18,20)/t10-/m1/s1. The monoisotopic (exact) mass is 375 g/mol. The number of fused-ring (bicyclic) bond motifs is 1. The fourth-order valence-electron chi connectivity index (χ4n) is 3.37. The Bertz CT molecular complexity index is 1060. The van der Waals surface area contributed by atoms with E-state index in [0.29, 0.717) is 30.3 Å². The van der Waals surface area contributed by atoms with Crippen LogP contribution in [0.25, 0.3) is 5.78 Å². The summed E-state index contributed by atoms with van der Waals surface area (Å²) in [7, 11) is -3.50. The lowest BCUT2D eigenvalue weighted by Crippen LogP contribution is -2.40. The topological polar surface area (TPSA) is 126 Å². The molecule has 3 aromatic rings. The number of carbonyl (C=O) groups is 1. The molecule has 0 aliphatic carbocycles. The number of rotatable bonds is 3. The van der Waals surface area contributed by atoms with Gasteiger partial charge in [0.05, 0.1) is 11.9 Å². The maximum atomic E-state index is 12.6. The van der Waals surface area contributed by atoms with Crippen LogP contribution >= 0.6 is 0 Å². The molecule has 3 aromatic heterocycles. The van der Waals surface area contributed by atoms with E-state index in [1.807, 2.05) is 0 Å². The summed E-state index contributed by atoms with van der Waals surface area (Å²) in [6, 6.07) is 1.62. The van der Waals surface area contributed by atoms with Crippen molar-refractivity contribution in [3.05, 3.63) is 36.2 Å². The summed E-state index contributed by atoms with van der Waals surface area (Å²) < 4.78 is 26.0. The van der Waals surface area contributed by atoms with Crippen molar-refractivity contribution >= 4 is 21.5 Å². The molecular weight excluding hydrogens is 358 g/mol. The molecule has 4 heterocycles. The normalized spacial score (nSPS) is 18.3. The van der Waals surface area contributed by atoms with E-state index >= 15 is 0 Å². The second kappa shape index (κ2) is 6.16. The van der Waals surface area contributed by atoms with Gasteiger partial charge in [-0.15, -0.1) is 0 Å². The zero-order chi connectivity index (χ0) is 18.3. The molecule has 1 amide bonds. The maximum Gasteiger partial charge on any atom is 0.271 e. The van der Waals surface area contributed by atoms with E-state index in [4.69, 9.17) is 0 Å². The Labute approximate surface area is 149 Å². The Morgan fingerprint density at radius 3 is 2.92 bits per heavy atom. The minimum atomic E-state index is -3.50. The van der Waals surface area contributed by atoms with Gasteiger partial charge >= 0.3 is 0 Å². The van der Waals surface area contributed by atoms with Crippen molar-refractivity contribution in [1.29, 1.82) is 0 Å². The molecule has 0 radical (unpaired) electrons. The summed E-state index contributed by atoms with van der Waals surface area (Å²) in [6.07, 6.45) is 6.84. The molecule has 10 nitrogen and oxygen atoms in total. The van der Waals surface area contributed by atoms with Crippen LogP contribution in [0.1, 0.15) is 34.9 Å². The molecule has 4 rings (SSSR count). The third-order valence-electron chi connectivity index (χ3n) is 4.53. The summed E-state index contributed by atoms with van der Waals surface area (Å²) >= 11 is 0. The number of carbonyl (C=O) groups excluding carboxylic acids is 1. The molecule has 1 saturated heterocycles. The number of likely N-dealkylation sites (tertiary alicyclic amines) is 1. The first-order chi connectivity index (χ1) is 12.4. The van der Waals surface area contributed by atoms with E-state index in [2.05, 4.69) is 25.3 Å². The predicted octanol–water partition coefficient (Wildman–Crippen LogP) is 0.271. The molecule has 1 atom stereocenters. The molecule has 11 heteroatoms. The first-order valence-corrected chi connectivity index (χ1v) is 10.0. The fraction of sp³-hybridized carbons (Fsp3) is 0.400. The van der Waals surface area contributed by atoms with Gasteiger partial charge in [-0.2, -0.15) is 19.7 Å². The molecule has 1 aliphatic rings. The first kappa shape index (κ1) is 16.6. The third kappa shape index (κ3) is 2.83. The van der Waals surface area contributed by atoms with Gasteiger partial charge in [0.2, 0.25) is 0 Å². The molecule has 1 aliphatic heterocycles. The van der Waals surface area contributed by atoms with Crippen LogP contribution < -0.4 is 0 Å². The lowest BCUT2D eigenvalue weighted by molar-refractivity contribution is 0.0698. The molecule has 0 saturated carbocycles. The van der Waals surface area contributed by atoms with Crippen molar-refractivity contribution in [3.63, 3.8) is 0 Å². The summed E-state index contributed by atoms with van der Waals surface area (Å²) in [6.45, 7) is 0.994. The molecular formula is C15H17N7O3S. The molecule has 1 N–H and O–H groups in total. The summed E-state index contributed by atoms with van der Waals surface area (Å²) in [5, 5.41) is 10.6. The number of H-pyrrole nitrogens is 1. The Morgan fingerprint density at radius 1 is 1.35 bits per heavy atom. The first-order valence-electron chi connectivity index (χ1n) is 8.12. The summed E-state index contributed by atoms with van der Waals surface area (Å²) in [5.41, 5.74) is 0.937. The minimum absolute atomic E-state index is 0.122. The number of hydrogen-bond acceptors (Lipinski definition) is 7. The number of nitrogens with one attached hydrogen (secondary N) is 1. The summed E-state index contributed by atoms with van der Waals surface area (Å²) in [4.78, 5) is 22.6. The van der Waals surface area contributed by atoms with Crippen LogP contribution in [-0.4, -0.2) is 68.3 Å². The second-order valence-electron chi connectivity index (χ2n) is 6.31. The number of aromatic amines is 1. The average Bonchev–Trinajstić information content (AvgIpc) is 3.30. The average molecular weight is 375 g/mol. The van der Waals surface area contributed by atoms with Crippen LogP contribution in [0.15, 0.2) is 29.7 Å². The van der Waals surface area contributed by atoms with Gasteiger partial charge in [0, 0.05) is 31.5 Å². The van der Waals surface area contributed by atoms with Gasteiger partial charge in [-0.3, -0.25) is 9.89 Å². The number of amides is 1. The van der Waals surface area contributed by atoms with E-state index in [0.717, 1.165) is 19.1 Å². The molecule has 0 aromatic carbocycles. The van der Waals surface area contributed by atoms with Gasteiger partial charge in [-0.1, -0.05) is 0 Å². The number of sulfone groups is 1. The quantitative estimate of drug-likeness (QED) is 0.696. The van der Waals surface area contributed by atoms with Crippen LogP contribution in [0.5, 0.6) is 0 Å². The lowest BCUT2D eigenvalue weighted by Gasteiger charge is -2.33. The van der Waals surface area contributed by atoms with Gasteiger partial charge in [0.25, 0.3) is 11.7 Å². The van der Waals surface area contributed by atoms with Gasteiger partial charge in [0.15, 0.2) is 9.84 Å². The molecule has 1 fully saturated rings. The Morgan fingerprint density at radius 2 is 2.19 bits per heavy atom. The highest BCUT2D eigenvalue weighted by Gasteiger charge is 2.31. The van der Waals surface area contributed by atoms with E-state index in [9.17, 15) is 13.2 Å². The molecule has 26 heavy (non-hydrogen) atoms. The van der Waals surface area contributed by atoms with Gasteiger partial charge in [-0.25, -0.2) is 13.4 Å². The van der Waals surface area contributed by atoms with E-state index < -0.39 is 9.84 Å². The minimum Gasteiger partial charge on any atom is -0.337 e. The Balaban J connectivity index is 1.75. The van der Waals surface area contributed by atoms with Crippen molar-refractivity contribution in [2.24, 2.45) is 0 Å². The Kier molecular flexibility index (Phi) is 3.94. The SMILES string of the molecule is CS(=O)(=O)c1cnc2ncnn2c1[C@@H]1CCCN(C(=O)c2ccn[nH]2)C1. The van der Waals surface area contributed by atoms with Crippen molar-refractivity contribution < 1.29 is 13.2 Å². The van der Waals surface area contributed by atoms with Gasteiger partial charge < -0.3 is 4.90 Å². The number of piperidine rings is 1. The van der Waals surface area contributed by atoms with Crippen LogP contribution in [0.2, 0.25) is 0 Å². The molecule has 0 spiro atoms. The Hall–Kier alpha value is -2.82. The van der Waals surface area contributed by atoms with E-state index in [1.54, 1.807) is 11.0 Å². The van der Waals surface area contributed by atoms with E-state index in [-0.39, 0.29) is 16.7 Å². The molecule has 0 bridgehead atoms. The zero-order valence-electron chi connectivity index (χ0n) is 14.0. The fourth-order valence-corrected chi connectivity index (χ4v) is 4.25. The lowest BCUT2D eigenvalue weighted by atomic mass is 9.94. The predicted molar refractivity (Wildman–Crippen MR) is 90.4 cm³/mol. The van der Waals surface area contributed by atoms with Crippen molar-refractivity contribution in [2.75, 3.05) is 19.3 Å². The highest BCUT2D eigenvalue weighted by atomic mass is 32.2. The highest BCUT2D eigenvalue weighted by molar-refractivity contribution is 7.90. The number of aromatic nitrogens is 6. The second-order valence-corrected chi connectivity index (χ2v) is 8.30. The van der Waals surface area contributed by atoms with Gasteiger partial charge in [0.1, 0.15) is 16.9 Å². The van der Waals surface area contributed by atoms with Crippen LogP contribution in [-0.2, 0) is 9.84 Å². The van der Waals surface area contributed by atoms with Crippen LogP contribution in [0.3, 0.4) is 0 Å². The van der Waals surface area contributed by atoms with Crippen LogP contribution in [0, 0.1) is 0 Å². The van der Waals surface area contributed by atoms with Crippen molar-refractivity contribution in [2.45, 2.75) is 23.7 Å². The molecule has 136 valence electrons. The van der Waals surface area contributed by atoms with Crippen molar-refractivity contribution in [1.82, 2.24) is 34.7 Å². The van der Waals surface area contributed by atoms with Crippen molar-refractivity contribution in [3.8, 4) is 0 Å². The number of nitrogens with zero attached hydrogens (tertiary/aromatic N) is 6. The maximum absolute atomic E-state index is 12.6. The zero-order valence-corrected chi connectivity index (χ0v) is 14.8. The van der Waals surface area contributed by atoms with Crippen LogP contribution in [0.4, 0.5) is 0 Å².